The Morgan fingerprint density at radius 1 is 1.12 bits per heavy atom. The van der Waals surface area contributed by atoms with Gasteiger partial charge in [-0.15, -0.1) is 13.2 Å². The molecule has 0 aliphatic rings. The van der Waals surface area contributed by atoms with Crippen molar-refractivity contribution >= 4 is 23.3 Å². The average Bonchev–Trinajstić information content (AvgIpc) is 2.49. The Balaban J connectivity index is 1.86. The fourth-order valence-electron chi connectivity index (χ4n) is 1.75. The minimum absolute atomic E-state index is 0.0602. The molecule has 2 rings (SSSR count). The summed E-state index contributed by atoms with van der Waals surface area (Å²) < 4.78 is 52.8. The predicted octanol–water partition coefficient (Wildman–Crippen LogP) is 4.70. The summed E-state index contributed by atoms with van der Waals surface area (Å²) in [5, 5.41) is 4.88. The third-order valence-electron chi connectivity index (χ3n) is 2.78. The van der Waals surface area contributed by atoms with Crippen LogP contribution in [0.3, 0.4) is 0 Å². The monoisotopic (exact) mass is 362 g/mol. The van der Waals surface area contributed by atoms with Crippen molar-refractivity contribution < 1.29 is 27.1 Å². The predicted molar refractivity (Wildman–Crippen MR) is 80.4 cm³/mol. The molecule has 0 atom stereocenters. The number of ether oxygens (including phenoxy) is 1. The summed E-state index contributed by atoms with van der Waals surface area (Å²) in [4.78, 5) is 11.7. The Labute approximate surface area is 139 Å². The molecule has 0 aliphatic heterocycles. The van der Waals surface area contributed by atoms with Crippen LogP contribution in [0.4, 0.5) is 28.0 Å². The van der Waals surface area contributed by atoms with Crippen LogP contribution in [-0.2, 0) is 6.54 Å². The zero-order chi connectivity index (χ0) is 17.7. The Hall–Kier alpha value is -2.48. The van der Waals surface area contributed by atoms with Crippen molar-refractivity contribution in [1.82, 2.24) is 5.32 Å². The number of benzene rings is 2. The van der Waals surface area contributed by atoms with Crippen molar-refractivity contribution in [2.45, 2.75) is 12.9 Å². The quantitative estimate of drug-likeness (QED) is 0.775. The molecule has 2 N–H and O–H groups in total. The fraction of sp³-hybridized carbons (Fsp3) is 0.133. The van der Waals surface area contributed by atoms with Gasteiger partial charge in [-0.1, -0.05) is 17.7 Å². The fourth-order valence-corrected chi connectivity index (χ4v) is 1.95. The number of amides is 2. The topological polar surface area (TPSA) is 50.4 Å². The zero-order valence-electron chi connectivity index (χ0n) is 12.0. The van der Waals surface area contributed by atoms with E-state index in [9.17, 15) is 22.4 Å². The number of hydrogen-bond acceptors (Lipinski definition) is 2. The Kier molecular flexibility index (Phi) is 5.50. The van der Waals surface area contributed by atoms with Crippen molar-refractivity contribution in [3.63, 3.8) is 0 Å². The van der Waals surface area contributed by atoms with Gasteiger partial charge in [-0.05, 0) is 42.0 Å². The number of urea groups is 1. The number of alkyl halides is 3. The lowest BCUT2D eigenvalue weighted by atomic mass is 10.2. The first-order chi connectivity index (χ1) is 11.2. The molecule has 0 heterocycles. The molecular weight excluding hydrogens is 352 g/mol. The molecule has 2 amide bonds. The molecule has 9 heteroatoms. The Morgan fingerprint density at radius 3 is 2.38 bits per heavy atom. The van der Waals surface area contributed by atoms with Crippen molar-refractivity contribution in [2.75, 3.05) is 5.32 Å². The van der Waals surface area contributed by atoms with E-state index in [-0.39, 0.29) is 17.3 Å². The minimum atomic E-state index is -4.78. The second-order valence-corrected chi connectivity index (χ2v) is 5.04. The molecular formula is C15H11ClF4N2O2. The van der Waals surface area contributed by atoms with Crippen LogP contribution in [0.25, 0.3) is 0 Å². The summed E-state index contributed by atoms with van der Waals surface area (Å²) in [5.74, 6) is -0.958. The van der Waals surface area contributed by atoms with Crippen LogP contribution in [0.1, 0.15) is 5.56 Å². The highest BCUT2D eigenvalue weighted by atomic mass is 35.5. The third kappa shape index (κ3) is 5.62. The van der Waals surface area contributed by atoms with Crippen LogP contribution < -0.4 is 15.4 Å². The Morgan fingerprint density at radius 2 is 1.79 bits per heavy atom. The first-order valence-electron chi connectivity index (χ1n) is 6.57. The molecule has 0 aliphatic carbocycles. The number of carbonyl (C=O) groups excluding carboxylic acids is 1. The maximum atomic E-state index is 13.0. The lowest BCUT2D eigenvalue weighted by Gasteiger charge is -2.10. The highest BCUT2D eigenvalue weighted by Gasteiger charge is 2.30. The van der Waals surface area contributed by atoms with Crippen molar-refractivity contribution in [3.8, 4) is 5.75 Å². The number of anilines is 1. The van der Waals surface area contributed by atoms with Gasteiger partial charge in [0.05, 0.1) is 5.02 Å². The lowest BCUT2D eigenvalue weighted by Crippen LogP contribution is -2.28. The van der Waals surface area contributed by atoms with Gasteiger partial charge in [-0.2, -0.15) is 0 Å². The molecule has 2 aromatic rings. The zero-order valence-corrected chi connectivity index (χ0v) is 12.7. The first kappa shape index (κ1) is 17.9. The molecule has 4 nitrogen and oxygen atoms in total. The normalized spacial score (nSPS) is 11.0. The van der Waals surface area contributed by atoms with E-state index in [0.717, 1.165) is 12.1 Å². The van der Waals surface area contributed by atoms with E-state index in [2.05, 4.69) is 15.4 Å². The van der Waals surface area contributed by atoms with Gasteiger partial charge in [0.1, 0.15) is 11.6 Å². The summed E-state index contributed by atoms with van der Waals surface area (Å²) in [7, 11) is 0. The van der Waals surface area contributed by atoms with Crippen LogP contribution in [0, 0.1) is 5.82 Å². The molecule has 128 valence electrons. The Bertz CT molecular complexity index is 720. The van der Waals surface area contributed by atoms with Crippen molar-refractivity contribution in [1.29, 1.82) is 0 Å². The van der Waals surface area contributed by atoms with Crippen LogP contribution in [-0.4, -0.2) is 12.4 Å². The molecule has 0 bridgehead atoms. The number of carbonyl (C=O) groups is 1. The van der Waals surface area contributed by atoms with E-state index in [1.807, 2.05) is 0 Å². The maximum absolute atomic E-state index is 13.0. The van der Waals surface area contributed by atoms with Crippen LogP contribution in [0.2, 0.25) is 5.02 Å². The van der Waals surface area contributed by atoms with Gasteiger partial charge < -0.3 is 15.4 Å². The molecule has 2 aromatic carbocycles. The van der Waals surface area contributed by atoms with Crippen molar-refractivity contribution in [2.24, 2.45) is 0 Å². The summed E-state index contributed by atoms with van der Waals surface area (Å²) >= 11 is 5.62. The summed E-state index contributed by atoms with van der Waals surface area (Å²) in [6.07, 6.45) is -4.78. The number of hydrogen-bond donors (Lipinski definition) is 2. The average molecular weight is 363 g/mol. The maximum Gasteiger partial charge on any atom is 0.573 e. The van der Waals surface area contributed by atoms with Gasteiger partial charge in [0.2, 0.25) is 0 Å². The van der Waals surface area contributed by atoms with Gasteiger partial charge in [-0.25, -0.2) is 9.18 Å². The molecule has 0 fully saturated rings. The van der Waals surface area contributed by atoms with Gasteiger partial charge in [0, 0.05) is 12.2 Å². The largest absolute Gasteiger partial charge is 0.573 e. The van der Waals surface area contributed by atoms with Gasteiger partial charge in [-0.3, -0.25) is 0 Å². The molecule has 0 saturated carbocycles. The standard InChI is InChI=1S/C15H11ClF4N2O2/c16-12-7-9(1-6-13(12)17)8-21-14(23)22-10-2-4-11(5-3-10)24-15(18,19)20/h1-7H,8H2,(H2,21,22,23). The molecule has 0 saturated heterocycles. The lowest BCUT2D eigenvalue weighted by molar-refractivity contribution is -0.274. The number of nitrogens with one attached hydrogen (secondary N) is 2. The van der Waals surface area contributed by atoms with Crippen LogP contribution in [0.15, 0.2) is 42.5 Å². The van der Waals surface area contributed by atoms with Crippen LogP contribution >= 0.6 is 11.6 Å². The molecule has 24 heavy (non-hydrogen) atoms. The minimum Gasteiger partial charge on any atom is -0.406 e. The molecule has 0 unspecified atom stereocenters. The molecule has 0 radical (unpaired) electrons. The van der Waals surface area contributed by atoms with Crippen LogP contribution in [0.5, 0.6) is 5.75 Å². The summed E-state index contributed by atoms with van der Waals surface area (Å²) in [5.41, 5.74) is 0.865. The molecule has 0 aromatic heterocycles. The van der Waals surface area contributed by atoms with Gasteiger partial charge in [0.25, 0.3) is 0 Å². The van der Waals surface area contributed by atoms with E-state index in [1.54, 1.807) is 0 Å². The third-order valence-corrected chi connectivity index (χ3v) is 3.07. The molecule has 0 spiro atoms. The van der Waals surface area contributed by atoms with E-state index in [0.29, 0.717) is 5.56 Å². The second-order valence-electron chi connectivity index (χ2n) is 4.63. The SMILES string of the molecule is O=C(NCc1ccc(F)c(Cl)c1)Nc1ccc(OC(F)(F)F)cc1. The van der Waals surface area contributed by atoms with E-state index in [4.69, 9.17) is 11.6 Å². The van der Waals surface area contributed by atoms with E-state index >= 15 is 0 Å². The highest BCUT2D eigenvalue weighted by Crippen LogP contribution is 2.24. The first-order valence-corrected chi connectivity index (χ1v) is 6.95. The van der Waals surface area contributed by atoms with Gasteiger partial charge in [0.15, 0.2) is 0 Å². The van der Waals surface area contributed by atoms with E-state index in [1.165, 1.54) is 30.3 Å². The van der Waals surface area contributed by atoms with Crippen molar-refractivity contribution in [3.05, 3.63) is 58.9 Å². The second kappa shape index (κ2) is 7.39. The summed E-state index contributed by atoms with van der Waals surface area (Å²) in [6.45, 7) is 0.0983. The smallest absolute Gasteiger partial charge is 0.406 e. The highest BCUT2D eigenvalue weighted by molar-refractivity contribution is 6.30. The van der Waals surface area contributed by atoms with Gasteiger partial charge >= 0.3 is 12.4 Å². The number of halogens is 5. The van der Waals surface area contributed by atoms with E-state index < -0.39 is 24.0 Å². The number of rotatable bonds is 4. The summed E-state index contributed by atoms with van der Waals surface area (Å²) in [6, 6.07) is 8.10.